The van der Waals surface area contributed by atoms with Crippen LogP contribution in [-0.2, 0) is 24.3 Å². The first-order valence-electron chi connectivity index (χ1n) is 10.5. The van der Waals surface area contributed by atoms with Gasteiger partial charge in [0.15, 0.2) is 0 Å². The van der Waals surface area contributed by atoms with Crippen molar-refractivity contribution in [1.29, 1.82) is 0 Å². The van der Waals surface area contributed by atoms with Gasteiger partial charge in [0, 0.05) is 19.3 Å². The summed E-state index contributed by atoms with van der Waals surface area (Å²) in [6, 6.07) is 0. The highest BCUT2D eigenvalue weighted by molar-refractivity contribution is 7.90. The molecular formula is C22H45NO6S. The zero-order valence-electron chi connectivity index (χ0n) is 20.9. The predicted octanol–water partition coefficient (Wildman–Crippen LogP) is 4.21. The number of sulfonamides is 1. The van der Waals surface area contributed by atoms with Crippen LogP contribution >= 0.6 is 0 Å². The van der Waals surface area contributed by atoms with Gasteiger partial charge in [0.25, 0.3) is 0 Å². The first kappa shape index (κ1) is 29.3. The Balaban J connectivity index is 4.93. The van der Waals surface area contributed by atoms with Gasteiger partial charge in [0.2, 0.25) is 10.0 Å². The van der Waals surface area contributed by atoms with Crippen LogP contribution in [0.5, 0.6) is 0 Å². The van der Waals surface area contributed by atoms with Crippen LogP contribution in [0.3, 0.4) is 0 Å². The molecule has 30 heavy (non-hydrogen) atoms. The van der Waals surface area contributed by atoms with E-state index >= 15 is 0 Å². The Labute approximate surface area is 184 Å². The molecule has 0 rings (SSSR count). The molecule has 0 aromatic heterocycles. The van der Waals surface area contributed by atoms with Crippen molar-refractivity contribution in [2.24, 2.45) is 10.8 Å². The molecular weight excluding hydrogens is 406 g/mol. The highest BCUT2D eigenvalue weighted by Gasteiger charge is 2.40. The number of ether oxygens (including phenoxy) is 2. The molecule has 0 heterocycles. The van der Waals surface area contributed by atoms with Crippen molar-refractivity contribution in [2.75, 3.05) is 20.3 Å². The Morgan fingerprint density at radius 2 is 1.43 bits per heavy atom. The van der Waals surface area contributed by atoms with Crippen LogP contribution in [0.4, 0.5) is 0 Å². The third kappa shape index (κ3) is 9.62. The minimum absolute atomic E-state index is 0.101. The monoisotopic (exact) mass is 451 g/mol. The zero-order valence-corrected chi connectivity index (χ0v) is 21.7. The summed E-state index contributed by atoms with van der Waals surface area (Å²) in [5.74, 6) is -0.806. The SMILES string of the molecule is COCC(C)(C)S(=O)(=O)NC(C)(C)CCOC(C)(C)CC(C)(C)CC(C)(C)C(=O)O. The molecule has 8 heteroatoms. The van der Waals surface area contributed by atoms with E-state index in [1.54, 1.807) is 27.7 Å². The molecule has 0 spiro atoms. The van der Waals surface area contributed by atoms with Gasteiger partial charge in [0.1, 0.15) is 4.75 Å². The number of carboxylic acids is 1. The van der Waals surface area contributed by atoms with Crippen molar-refractivity contribution in [3.63, 3.8) is 0 Å². The van der Waals surface area contributed by atoms with Gasteiger partial charge < -0.3 is 14.6 Å². The smallest absolute Gasteiger partial charge is 0.309 e. The van der Waals surface area contributed by atoms with E-state index in [4.69, 9.17) is 9.47 Å². The summed E-state index contributed by atoms with van der Waals surface area (Å²) in [5, 5.41) is 9.42. The first-order chi connectivity index (χ1) is 13.1. The first-order valence-corrected chi connectivity index (χ1v) is 12.0. The molecule has 180 valence electrons. The summed E-state index contributed by atoms with van der Waals surface area (Å²) in [7, 11) is -2.11. The van der Waals surface area contributed by atoms with Crippen molar-refractivity contribution in [3.8, 4) is 0 Å². The largest absolute Gasteiger partial charge is 0.481 e. The van der Waals surface area contributed by atoms with Crippen molar-refractivity contribution in [1.82, 2.24) is 4.72 Å². The van der Waals surface area contributed by atoms with Crippen LogP contribution in [0.25, 0.3) is 0 Å². The Hall–Kier alpha value is -0.700. The number of hydrogen-bond acceptors (Lipinski definition) is 5. The maximum Gasteiger partial charge on any atom is 0.309 e. The molecule has 0 aliphatic carbocycles. The Morgan fingerprint density at radius 3 is 1.87 bits per heavy atom. The third-order valence-corrected chi connectivity index (χ3v) is 7.65. The van der Waals surface area contributed by atoms with Crippen LogP contribution in [0.1, 0.15) is 88.5 Å². The van der Waals surface area contributed by atoms with E-state index in [2.05, 4.69) is 18.6 Å². The van der Waals surface area contributed by atoms with Crippen molar-refractivity contribution in [3.05, 3.63) is 0 Å². The topological polar surface area (TPSA) is 102 Å². The molecule has 0 saturated heterocycles. The van der Waals surface area contributed by atoms with Gasteiger partial charge in [-0.25, -0.2) is 13.1 Å². The Morgan fingerprint density at radius 1 is 0.933 bits per heavy atom. The van der Waals surface area contributed by atoms with Crippen molar-refractivity contribution >= 4 is 16.0 Å². The van der Waals surface area contributed by atoms with Crippen LogP contribution in [0.15, 0.2) is 0 Å². The van der Waals surface area contributed by atoms with Gasteiger partial charge in [-0.2, -0.15) is 0 Å². The van der Waals surface area contributed by atoms with Gasteiger partial charge in [-0.3, -0.25) is 4.79 Å². The number of hydrogen-bond donors (Lipinski definition) is 2. The molecule has 0 fully saturated rings. The average molecular weight is 452 g/mol. The molecule has 0 aliphatic heterocycles. The second kappa shape index (κ2) is 9.84. The minimum atomic E-state index is -3.59. The van der Waals surface area contributed by atoms with E-state index in [0.717, 1.165) is 0 Å². The molecule has 2 N–H and O–H groups in total. The number of carbonyl (C=O) groups is 1. The number of rotatable bonds is 14. The lowest BCUT2D eigenvalue weighted by atomic mass is 9.70. The standard InChI is InChI=1S/C22H45NO6S/c1-18(2,14-19(3,4)17(24)25)15-21(7,8)29-13-12-20(5,6)23-30(26,27)22(9,10)16-28-11/h23H,12-16H2,1-11H3,(H,24,25). The minimum Gasteiger partial charge on any atom is -0.481 e. The van der Waals surface area contributed by atoms with Crippen LogP contribution < -0.4 is 4.72 Å². The molecule has 7 nitrogen and oxygen atoms in total. The van der Waals surface area contributed by atoms with E-state index in [-0.39, 0.29) is 12.0 Å². The number of aliphatic carboxylic acids is 1. The van der Waals surface area contributed by atoms with Crippen molar-refractivity contribution in [2.45, 2.75) is 104 Å². The zero-order chi connectivity index (χ0) is 24.2. The Bertz CT molecular complexity index is 678. The molecule has 0 saturated carbocycles. The molecule has 0 atom stereocenters. The fourth-order valence-corrected chi connectivity index (χ4v) is 5.48. The lowest BCUT2D eigenvalue weighted by Gasteiger charge is -2.39. The average Bonchev–Trinajstić information content (AvgIpc) is 2.41. The van der Waals surface area contributed by atoms with E-state index in [9.17, 15) is 18.3 Å². The van der Waals surface area contributed by atoms with Crippen LogP contribution in [0.2, 0.25) is 0 Å². The quantitative estimate of drug-likeness (QED) is 0.410. The summed E-state index contributed by atoms with van der Waals surface area (Å²) in [4.78, 5) is 11.5. The van der Waals surface area contributed by atoms with E-state index in [0.29, 0.717) is 25.9 Å². The molecule has 0 bridgehead atoms. The van der Waals surface area contributed by atoms with Gasteiger partial charge in [-0.1, -0.05) is 13.8 Å². The number of nitrogens with one attached hydrogen (secondary N) is 1. The van der Waals surface area contributed by atoms with Crippen LogP contribution in [-0.4, -0.2) is 55.7 Å². The summed E-state index contributed by atoms with van der Waals surface area (Å²) in [6.07, 6.45) is 1.71. The Kier molecular flexibility index (Phi) is 9.61. The van der Waals surface area contributed by atoms with E-state index in [1.165, 1.54) is 7.11 Å². The van der Waals surface area contributed by atoms with E-state index < -0.39 is 37.3 Å². The number of carboxylic acid groups (broad SMARTS) is 1. The maximum absolute atomic E-state index is 12.7. The van der Waals surface area contributed by atoms with Gasteiger partial charge in [0.05, 0.1) is 17.6 Å². The van der Waals surface area contributed by atoms with Crippen molar-refractivity contribution < 1.29 is 27.8 Å². The van der Waals surface area contributed by atoms with E-state index in [1.807, 2.05) is 27.7 Å². The van der Waals surface area contributed by atoms with Gasteiger partial charge in [-0.05, 0) is 80.1 Å². The molecule has 0 radical (unpaired) electrons. The highest BCUT2D eigenvalue weighted by atomic mass is 32.2. The molecule has 0 aliphatic rings. The van der Waals surface area contributed by atoms with Crippen LogP contribution in [0, 0.1) is 10.8 Å². The highest BCUT2D eigenvalue weighted by Crippen LogP contribution is 2.40. The lowest BCUT2D eigenvalue weighted by molar-refractivity contribution is -0.149. The third-order valence-electron chi connectivity index (χ3n) is 5.25. The summed E-state index contributed by atoms with van der Waals surface area (Å²) in [6.45, 7) is 19.0. The number of methoxy groups -OCH3 is 1. The molecule has 0 unspecified atom stereocenters. The van der Waals surface area contributed by atoms with Gasteiger partial charge >= 0.3 is 5.97 Å². The summed E-state index contributed by atoms with van der Waals surface area (Å²) in [5.41, 5.74) is -2.19. The fourth-order valence-electron chi connectivity index (χ4n) is 4.10. The second-order valence-electron chi connectivity index (χ2n) is 11.7. The predicted molar refractivity (Wildman–Crippen MR) is 121 cm³/mol. The molecule has 0 aromatic carbocycles. The summed E-state index contributed by atoms with van der Waals surface area (Å²) >= 11 is 0. The molecule has 0 amide bonds. The second-order valence-corrected chi connectivity index (χ2v) is 14.1. The fraction of sp³-hybridized carbons (Fsp3) is 0.955. The molecule has 0 aromatic rings. The summed E-state index contributed by atoms with van der Waals surface area (Å²) < 4.78 is 38.3. The van der Waals surface area contributed by atoms with Gasteiger partial charge in [-0.15, -0.1) is 0 Å². The normalized spacial score (nSPS) is 14.8. The maximum atomic E-state index is 12.7. The lowest BCUT2D eigenvalue weighted by Crippen LogP contribution is -2.53.